The van der Waals surface area contributed by atoms with Crippen molar-refractivity contribution in [1.82, 2.24) is 5.32 Å². The molecule has 0 saturated carbocycles. The number of rotatable bonds is 4. The van der Waals surface area contributed by atoms with E-state index in [1.807, 2.05) is 73.7 Å². The normalized spacial score (nSPS) is 19.5. The van der Waals surface area contributed by atoms with Crippen LogP contribution in [-0.4, -0.2) is 18.4 Å². The Kier molecular flexibility index (Phi) is 5.93. The minimum absolute atomic E-state index is 0.0716. The van der Waals surface area contributed by atoms with Crippen LogP contribution in [0.1, 0.15) is 12.5 Å². The molecule has 1 N–H and O–H groups in total. The van der Waals surface area contributed by atoms with Crippen molar-refractivity contribution in [3.8, 4) is 0 Å². The molecular weight excluding hydrogens is 431 g/mol. The van der Waals surface area contributed by atoms with Crippen LogP contribution in [-0.2, 0) is 16.2 Å². The second-order valence-corrected chi connectivity index (χ2v) is 6.89. The average Bonchev–Trinajstić information content (AvgIpc) is 2.63. The number of amides is 1. The molecular formula is C19H19IN2O3. The summed E-state index contributed by atoms with van der Waals surface area (Å²) in [6, 6.07) is 17.5. The van der Waals surface area contributed by atoms with Crippen LogP contribution < -0.4 is 10.4 Å². The van der Waals surface area contributed by atoms with Crippen LogP contribution in [0.3, 0.4) is 0 Å². The molecule has 0 saturated heterocycles. The Hall–Kier alpha value is -2.06. The van der Waals surface area contributed by atoms with E-state index in [-0.39, 0.29) is 12.7 Å². The third-order valence-corrected chi connectivity index (χ3v) is 4.38. The molecule has 5 nitrogen and oxygen atoms in total. The molecule has 0 aromatic heterocycles. The first-order valence-corrected chi connectivity index (χ1v) is 9.07. The molecule has 1 aliphatic heterocycles. The van der Waals surface area contributed by atoms with Gasteiger partial charge in [0.25, 0.3) is 0 Å². The highest BCUT2D eigenvalue weighted by molar-refractivity contribution is 14.1. The lowest BCUT2D eigenvalue weighted by Crippen LogP contribution is -2.50. The predicted octanol–water partition coefficient (Wildman–Crippen LogP) is 4.24. The Labute approximate surface area is 160 Å². The minimum atomic E-state index is -0.493. The number of hydroxylamine groups is 1. The number of benzene rings is 2. The number of nitrogens with zero attached hydrogens (tertiary/aromatic N) is 1. The Morgan fingerprint density at radius 2 is 1.88 bits per heavy atom. The van der Waals surface area contributed by atoms with Crippen LogP contribution >= 0.6 is 22.6 Å². The van der Waals surface area contributed by atoms with E-state index in [2.05, 4.69) is 27.9 Å². The fraction of sp³-hybridized carbons (Fsp3) is 0.211. The van der Waals surface area contributed by atoms with Gasteiger partial charge >= 0.3 is 6.09 Å². The zero-order valence-corrected chi connectivity index (χ0v) is 15.9. The summed E-state index contributed by atoms with van der Waals surface area (Å²) >= 11 is 2.25. The van der Waals surface area contributed by atoms with Gasteiger partial charge in [-0.1, -0.05) is 36.4 Å². The lowest BCUT2D eigenvalue weighted by Gasteiger charge is -2.35. The van der Waals surface area contributed by atoms with E-state index in [0.29, 0.717) is 0 Å². The summed E-state index contributed by atoms with van der Waals surface area (Å²) in [5.41, 5.74) is 1.81. The van der Waals surface area contributed by atoms with Crippen molar-refractivity contribution in [2.24, 2.45) is 0 Å². The fourth-order valence-corrected chi connectivity index (χ4v) is 2.78. The highest BCUT2D eigenvalue weighted by atomic mass is 127. The summed E-state index contributed by atoms with van der Waals surface area (Å²) in [6.45, 7) is 2.17. The standard InChI is InChI=1S/C19H19IN2O3/c1-14-7-12-18(22(25-14)17-10-8-16(20)9-11-17)21-19(23)24-13-15-5-3-2-4-6-15/h2-12,14,18H,13H2,1H3,(H,21,23). The van der Waals surface area contributed by atoms with Crippen molar-refractivity contribution >= 4 is 34.4 Å². The Bertz CT molecular complexity index is 734. The van der Waals surface area contributed by atoms with E-state index in [4.69, 9.17) is 9.57 Å². The summed E-state index contributed by atoms with van der Waals surface area (Å²) in [7, 11) is 0. The predicted molar refractivity (Wildman–Crippen MR) is 105 cm³/mol. The largest absolute Gasteiger partial charge is 0.445 e. The quantitative estimate of drug-likeness (QED) is 0.560. The molecule has 3 rings (SSSR count). The van der Waals surface area contributed by atoms with E-state index in [0.717, 1.165) is 14.8 Å². The third kappa shape index (κ3) is 4.96. The number of ether oxygens (including phenoxy) is 1. The van der Waals surface area contributed by atoms with Crippen molar-refractivity contribution < 1.29 is 14.4 Å². The topological polar surface area (TPSA) is 50.8 Å². The minimum Gasteiger partial charge on any atom is -0.445 e. The summed E-state index contributed by atoms with van der Waals surface area (Å²) in [5, 5.41) is 4.51. The van der Waals surface area contributed by atoms with E-state index < -0.39 is 12.3 Å². The van der Waals surface area contributed by atoms with Gasteiger partial charge in [0.1, 0.15) is 18.9 Å². The number of halogens is 1. The molecule has 1 aliphatic rings. The number of nitrogens with one attached hydrogen (secondary N) is 1. The Balaban J connectivity index is 1.64. The molecule has 130 valence electrons. The van der Waals surface area contributed by atoms with Gasteiger partial charge < -0.3 is 4.74 Å². The summed E-state index contributed by atoms with van der Waals surface area (Å²) in [4.78, 5) is 18.0. The Morgan fingerprint density at radius 3 is 2.60 bits per heavy atom. The average molecular weight is 450 g/mol. The van der Waals surface area contributed by atoms with Gasteiger partial charge in [-0.05, 0) is 65.4 Å². The lowest BCUT2D eigenvalue weighted by molar-refractivity contribution is 0.0430. The van der Waals surface area contributed by atoms with Crippen molar-refractivity contribution in [2.45, 2.75) is 25.8 Å². The molecule has 0 bridgehead atoms. The molecule has 6 heteroatoms. The first-order chi connectivity index (χ1) is 12.1. The molecule has 2 aromatic rings. The van der Waals surface area contributed by atoms with E-state index >= 15 is 0 Å². The van der Waals surface area contributed by atoms with Crippen LogP contribution in [0.4, 0.5) is 10.5 Å². The third-order valence-electron chi connectivity index (χ3n) is 3.66. The lowest BCUT2D eigenvalue weighted by atomic mass is 10.2. The Morgan fingerprint density at radius 1 is 1.16 bits per heavy atom. The fourth-order valence-electron chi connectivity index (χ4n) is 2.42. The van der Waals surface area contributed by atoms with E-state index in [9.17, 15) is 4.79 Å². The van der Waals surface area contributed by atoms with Crippen molar-refractivity contribution in [1.29, 1.82) is 0 Å². The summed E-state index contributed by atoms with van der Waals surface area (Å²) < 4.78 is 6.43. The van der Waals surface area contributed by atoms with Crippen LogP contribution in [0, 0.1) is 3.57 Å². The molecule has 0 spiro atoms. The van der Waals surface area contributed by atoms with Crippen molar-refractivity contribution in [2.75, 3.05) is 5.06 Å². The molecule has 2 unspecified atom stereocenters. The maximum absolute atomic E-state index is 12.1. The molecule has 2 atom stereocenters. The van der Waals surface area contributed by atoms with E-state index in [1.54, 1.807) is 5.06 Å². The molecule has 2 aromatic carbocycles. The molecule has 1 amide bonds. The van der Waals surface area contributed by atoms with Crippen LogP contribution in [0.5, 0.6) is 0 Å². The van der Waals surface area contributed by atoms with Gasteiger partial charge in [-0.2, -0.15) is 0 Å². The second kappa shape index (κ2) is 8.35. The number of carbonyl (C=O) groups is 1. The van der Waals surface area contributed by atoms with Crippen LogP contribution in [0.2, 0.25) is 0 Å². The molecule has 0 fully saturated rings. The highest BCUT2D eigenvalue weighted by Gasteiger charge is 2.25. The number of anilines is 1. The van der Waals surface area contributed by atoms with Crippen molar-refractivity contribution in [3.05, 3.63) is 75.9 Å². The zero-order valence-electron chi connectivity index (χ0n) is 13.8. The number of carbonyl (C=O) groups excluding carboxylic acids is 1. The van der Waals surface area contributed by atoms with Gasteiger partial charge in [0.2, 0.25) is 0 Å². The molecule has 1 heterocycles. The SMILES string of the molecule is CC1C=CC(NC(=O)OCc2ccccc2)N(c2ccc(I)cc2)O1. The maximum Gasteiger partial charge on any atom is 0.409 e. The van der Waals surface area contributed by atoms with Gasteiger partial charge in [0.05, 0.1) is 5.69 Å². The smallest absolute Gasteiger partial charge is 0.409 e. The van der Waals surface area contributed by atoms with Gasteiger partial charge in [0, 0.05) is 3.57 Å². The summed E-state index contributed by atoms with van der Waals surface area (Å²) in [5.74, 6) is 0. The van der Waals surface area contributed by atoms with Crippen LogP contribution in [0.25, 0.3) is 0 Å². The van der Waals surface area contributed by atoms with E-state index in [1.165, 1.54) is 0 Å². The van der Waals surface area contributed by atoms with Crippen molar-refractivity contribution in [3.63, 3.8) is 0 Å². The zero-order chi connectivity index (χ0) is 17.6. The monoisotopic (exact) mass is 450 g/mol. The first kappa shape index (κ1) is 17.8. The van der Waals surface area contributed by atoms with Crippen LogP contribution in [0.15, 0.2) is 66.7 Å². The summed E-state index contributed by atoms with van der Waals surface area (Å²) in [6.07, 6.45) is 2.81. The first-order valence-electron chi connectivity index (χ1n) is 7.99. The number of hydrogen-bond donors (Lipinski definition) is 1. The van der Waals surface area contributed by atoms with Gasteiger partial charge in [-0.25, -0.2) is 9.86 Å². The molecule has 0 radical (unpaired) electrons. The maximum atomic E-state index is 12.1. The number of hydrogen-bond acceptors (Lipinski definition) is 4. The highest BCUT2D eigenvalue weighted by Crippen LogP contribution is 2.23. The van der Waals surface area contributed by atoms with Gasteiger partial charge in [-0.15, -0.1) is 0 Å². The second-order valence-electron chi connectivity index (χ2n) is 5.65. The van der Waals surface area contributed by atoms with Gasteiger partial charge in [-0.3, -0.25) is 10.2 Å². The molecule has 0 aliphatic carbocycles. The molecule has 25 heavy (non-hydrogen) atoms. The number of alkyl carbamates (subject to hydrolysis) is 1. The van der Waals surface area contributed by atoms with Gasteiger partial charge in [0.15, 0.2) is 0 Å².